The molecule has 2 aromatic rings. The maximum Gasteiger partial charge on any atom is 0.337 e. The summed E-state index contributed by atoms with van der Waals surface area (Å²) in [6, 6.07) is 12.2. The van der Waals surface area contributed by atoms with Gasteiger partial charge in [0.2, 0.25) is 0 Å². The van der Waals surface area contributed by atoms with Crippen LogP contribution in [0.2, 0.25) is 10.0 Å². The quantitative estimate of drug-likeness (QED) is 0.884. The van der Waals surface area contributed by atoms with Crippen LogP contribution in [0.15, 0.2) is 42.5 Å². The summed E-state index contributed by atoms with van der Waals surface area (Å²) in [7, 11) is 0. The Bertz CT molecular complexity index is 597. The lowest BCUT2D eigenvalue weighted by molar-refractivity contribution is 0.0697. The molecule has 3 nitrogen and oxygen atoms in total. The van der Waals surface area contributed by atoms with Crippen molar-refractivity contribution >= 4 is 34.9 Å². The van der Waals surface area contributed by atoms with Crippen LogP contribution in [0.4, 0.5) is 5.69 Å². The van der Waals surface area contributed by atoms with Crippen molar-refractivity contribution < 1.29 is 9.90 Å². The predicted octanol–water partition coefficient (Wildman–Crippen LogP) is 4.30. The summed E-state index contributed by atoms with van der Waals surface area (Å²) >= 11 is 11.7. The van der Waals surface area contributed by atoms with Gasteiger partial charge in [-0.15, -0.1) is 0 Å². The number of carboxylic acid groups (broad SMARTS) is 1. The van der Waals surface area contributed by atoms with Gasteiger partial charge in [-0.05, 0) is 35.9 Å². The minimum atomic E-state index is -1.03. The molecule has 0 aliphatic heterocycles. The van der Waals surface area contributed by atoms with E-state index >= 15 is 0 Å². The molecular formula is C14H11Cl2NO2. The molecule has 2 rings (SSSR count). The van der Waals surface area contributed by atoms with E-state index in [4.69, 9.17) is 28.3 Å². The number of halogens is 2. The van der Waals surface area contributed by atoms with Crippen LogP contribution in [0, 0.1) is 0 Å². The number of anilines is 1. The molecule has 0 fully saturated rings. The third kappa shape index (κ3) is 3.63. The van der Waals surface area contributed by atoms with Gasteiger partial charge in [-0.25, -0.2) is 4.79 Å². The first-order valence-electron chi connectivity index (χ1n) is 5.57. The molecule has 0 aliphatic carbocycles. The molecular weight excluding hydrogens is 285 g/mol. The van der Waals surface area contributed by atoms with E-state index < -0.39 is 5.97 Å². The molecule has 2 aromatic carbocycles. The molecule has 0 atom stereocenters. The molecule has 0 saturated carbocycles. The summed E-state index contributed by atoms with van der Waals surface area (Å²) in [5.74, 6) is -1.03. The molecule has 2 N–H and O–H groups in total. The minimum Gasteiger partial charge on any atom is -0.478 e. The van der Waals surface area contributed by atoms with Gasteiger partial charge >= 0.3 is 5.97 Å². The van der Waals surface area contributed by atoms with Crippen LogP contribution in [0.5, 0.6) is 0 Å². The molecule has 0 amide bonds. The summed E-state index contributed by atoms with van der Waals surface area (Å²) in [5, 5.41) is 12.9. The van der Waals surface area contributed by atoms with E-state index in [2.05, 4.69) is 5.32 Å². The molecule has 5 heteroatoms. The average Bonchev–Trinajstić information content (AvgIpc) is 2.37. The van der Waals surface area contributed by atoms with Crippen LogP contribution in [0.1, 0.15) is 15.9 Å². The summed E-state index contributed by atoms with van der Waals surface area (Å²) in [6.45, 7) is 0.611. The smallest absolute Gasteiger partial charge is 0.337 e. The second-order valence-corrected chi connectivity index (χ2v) is 4.82. The highest BCUT2D eigenvalue weighted by Gasteiger charge is 2.08. The zero-order valence-corrected chi connectivity index (χ0v) is 11.4. The van der Waals surface area contributed by atoms with Crippen molar-refractivity contribution in [2.75, 3.05) is 5.32 Å². The van der Waals surface area contributed by atoms with Gasteiger partial charge in [0, 0.05) is 17.3 Å². The number of hydrogen-bond acceptors (Lipinski definition) is 2. The van der Waals surface area contributed by atoms with E-state index in [1.165, 1.54) is 6.07 Å². The van der Waals surface area contributed by atoms with E-state index in [9.17, 15) is 4.79 Å². The van der Waals surface area contributed by atoms with Gasteiger partial charge in [0.05, 0.1) is 10.6 Å². The standard InChI is InChI=1S/C14H11Cl2NO2/c15-10-3-1-9(2-4-10)8-17-11-5-6-12(14(18)19)13(16)7-11/h1-7,17H,8H2,(H,18,19). The number of aromatic carboxylic acids is 1. The average molecular weight is 296 g/mol. The van der Waals surface area contributed by atoms with Crippen molar-refractivity contribution in [3.8, 4) is 0 Å². The summed E-state index contributed by atoms with van der Waals surface area (Å²) in [4.78, 5) is 10.8. The van der Waals surface area contributed by atoms with E-state index in [-0.39, 0.29) is 10.6 Å². The van der Waals surface area contributed by atoms with Crippen molar-refractivity contribution in [1.29, 1.82) is 0 Å². The van der Waals surface area contributed by atoms with E-state index in [1.807, 2.05) is 24.3 Å². The maximum absolute atomic E-state index is 10.8. The highest BCUT2D eigenvalue weighted by Crippen LogP contribution is 2.21. The predicted molar refractivity (Wildman–Crippen MR) is 77.2 cm³/mol. The number of benzene rings is 2. The molecule has 98 valence electrons. The number of hydrogen-bond donors (Lipinski definition) is 2. The van der Waals surface area contributed by atoms with Gasteiger partial charge in [0.15, 0.2) is 0 Å². The lowest BCUT2D eigenvalue weighted by Gasteiger charge is -2.08. The zero-order chi connectivity index (χ0) is 13.8. The summed E-state index contributed by atoms with van der Waals surface area (Å²) in [5.41, 5.74) is 1.94. The van der Waals surface area contributed by atoms with Crippen molar-refractivity contribution in [1.82, 2.24) is 0 Å². The van der Waals surface area contributed by atoms with Gasteiger partial charge in [0.25, 0.3) is 0 Å². The van der Waals surface area contributed by atoms with E-state index in [1.54, 1.807) is 12.1 Å². The number of rotatable bonds is 4. The lowest BCUT2D eigenvalue weighted by Crippen LogP contribution is -2.01. The maximum atomic E-state index is 10.8. The SMILES string of the molecule is O=C(O)c1ccc(NCc2ccc(Cl)cc2)cc1Cl. The Morgan fingerprint density at radius 1 is 1.11 bits per heavy atom. The third-order valence-corrected chi connectivity index (χ3v) is 3.17. The Kier molecular flexibility index (Phi) is 4.30. The number of nitrogens with one attached hydrogen (secondary N) is 1. The van der Waals surface area contributed by atoms with Crippen LogP contribution in [-0.2, 0) is 6.54 Å². The topological polar surface area (TPSA) is 49.3 Å². The molecule has 0 radical (unpaired) electrons. The molecule has 0 spiro atoms. The van der Waals surface area contributed by atoms with E-state index in [0.29, 0.717) is 11.6 Å². The number of carbonyl (C=O) groups is 1. The molecule has 0 bridgehead atoms. The van der Waals surface area contributed by atoms with Crippen molar-refractivity contribution in [3.05, 3.63) is 63.6 Å². The van der Waals surface area contributed by atoms with Crippen LogP contribution < -0.4 is 5.32 Å². The molecule has 0 heterocycles. The Labute approximate surface area is 120 Å². The molecule has 0 aliphatic rings. The largest absolute Gasteiger partial charge is 0.478 e. The second kappa shape index (κ2) is 5.95. The molecule has 0 saturated heterocycles. The van der Waals surface area contributed by atoms with Crippen LogP contribution >= 0.6 is 23.2 Å². The van der Waals surface area contributed by atoms with Gasteiger partial charge in [-0.2, -0.15) is 0 Å². The van der Waals surface area contributed by atoms with Crippen molar-refractivity contribution in [2.45, 2.75) is 6.54 Å². The molecule has 19 heavy (non-hydrogen) atoms. The second-order valence-electron chi connectivity index (χ2n) is 3.98. The summed E-state index contributed by atoms with van der Waals surface area (Å²) in [6.07, 6.45) is 0. The monoisotopic (exact) mass is 295 g/mol. The molecule has 0 aromatic heterocycles. The zero-order valence-electron chi connectivity index (χ0n) is 9.86. The summed E-state index contributed by atoms with van der Waals surface area (Å²) < 4.78 is 0. The van der Waals surface area contributed by atoms with Crippen LogP contribution in [-0.4, -0.2) is 11.1 Å². The highest BCUT2D eigenvalue weighted by atomic mass is 35.5. The Morgan fingerprint density at radius 2 is 1.79 bits per heavy atom. The Balaban J connectivity index is 2.06. The van der Waals surface area contributed by atoms with Crippen LogP contribution in [0.25, 0.3) is 0 Å². The van der Waals surface area contributed by atoms with E-state index in [0.717, 1.165) is 11.3 Å². The van der Waals surface area contributed by atoms with Gasteiger partial charge < -0.3 is 10.4 Å². The van der Waals surface area contributed by atoms with Gasteiger partial charge in [-0.3, -0.25) is 0 Å². The van der Waals surface area contributed by atoms with Crippen molar-refractivity contribution in [2.24, 2.45) is 0 Å². The Hall–Kier alpha value is -1.71. The lowest BCUT2D eigenvalue weighted by atomic mass is 10.2. The molecule has 0 unspecified atom stereocenters. The minimum absolute atomic E-state index is 0.0960. The van der Waals surface area contributed by atoms with Gasteiger partial charge in [0.1, 0.15) is 0 Å². The highest BCUT2D eigenvalue weighted by molar-refractivity contribution is 6.33. The van der Waals surface area contributed by atoms with Crippen LogP contribution in [0.3, 0.4) is 0 Å². The first kappa shape index (κ1) is 13.7. The fourth-order valence-electron chi connectivity index (χ4n) is 1.60. The first-order chi connectivity index (χ1) is 9.06. The van der Waals surface area contributed by atoms with Gasteiger partial charge in [-0.1, -0.05) is 35.3 Å². The fraction of sp³-hybridized carbons (Fsp3) is 0.0714. The van der Waals surface area contributed by atoms with Crippen molar-refractivity contribution in [3.63, 3.8) is 0 Å². The fourth-order valence-corrected chi connectivity index (χ4v) is 1.99. The Morgan fingerprint density at radius 3 is 2.37 bits per heavy atom. The normalized spacial score (nSPS) is 10.2. The first-order valence-corrected chi connectivity index (χ1v) is 6.33. The third-order valence-electron chi connectivity index (χ3n) is 2.61. The number of carboxylic acids is 1.